The first-order valence-corrected chi connectivity index (χ1v) is 15.8. The molecule has 60 heavy (non-hydrogen) atoms. The van der Waals surface area contributed by atoms with Crippen LogP contribution in [0.15, 0.2) is 48.9 Å². The van der Waals surface area contributed by atoms with Gasteiger partial charge in [0.15, 0.2) is 88.7 Å². The van der Waals surface area contributed by atoms with Gasteiger partial charge in [0.2, 0.25) is 0 Å². The molecule has 0 aliphatic heterocycles. The Morgan fingerprint density at radius 1 is 0.383 bits per heavy atom. The topological polar surface area (TPSA) is 16.8 Å². The summed E-state index contributed by atoms with van der Waals surface area (Å²) >= 11 is 0. The fourth-order valence-electron chi connectivity index (χ4n) is 6.32. The van der Waals surface area contributed by atoms with Gasteiger partial charge in [0.1, 0.15) is 65.1 Å². The summed E-state index contributed by atoms with van der Waals surface area (Å²) in [5, 5.41) is 0. The van der Waals surface area contributed by atoms with E-state index in [0.717, 1.165) is 6.54 Å². The average Bonchev–Trinajstić information content (AvgIpc) is 3.24. The number of alkyl halides is 1. The van der Waals surface area contributed by atoms with E-state index in [-0.39, 0.29) is 0 Å². The van der Waals surface area contributed by atoms with Gasteiger partial charge in [-0.1, -0.05) is 30.3 Å². The zero-order valence-electron chi connectivity index (χ0n) is 28.4. The molecule has 24 heteroatoms. The highest BCUT2D eigenvalue weighted by molar-refractivity contribution is 7.20. The Bertz CT molecular complexity index is 2290. The van der Waals surface area contributed by atoms with Gasteiger partial charge in [-0.05, 0) is 0 Å². The lowest BCUT2D eigenvalue weighted by molar-refractivity contribution is -0.689. The maximum absolute atomic E-state index is 15.4. The van der Waals surface area contributed by atoms with Crippen LogP contribution in [0.2, 0.25) is 0 Å². The lowest BCUT2D eigenvalue weighted by Crippen LogP contribution is -2.81. The number of benzene rings is 5. The average molecular weight is 882 g/mol. The first-order valence-electron chi connectivity index (χ1n) is 15.8. The standard InChI is InChI=1S/C24BF20.C12H12FN2/c26-5-1(6(27)14(35)21(42)13(5)34)25(2-7(28)15(36)22(43)16(37)8(2)29,3-9(30)17(38)23(44)18(39)10(3)31)4-11(32)19(40)24(45)20(41)12(4)33;13-8-12-10-15(7-6-14-12)9-11-4-2-1-3-5-11/h;1-7,10H,8-9H2/q-1;+1. The second-order valence-corrected chi connectivity index (χ2v) is 12.1. The van der Waals surface area contributed by atoms with Crippen LogP contribution in [0.4, 0.5) is 92.2 Å². The molecule has 0 radical (unpaired) electrons. The maximum atomic E-state index is 15.4. The molecule has 6 aromatic rings. The number of aromatic nitrogens is 2. The molecule has 2 nitrogen and oxygen atoms in total. The molecule has 0 unspecified atom stereocenters. The third-order valence-electron chi connectivity index (χ3n) is 8.87. The quantitative estimate of drug-likeness (QED) is 0.0528. The second kappa shape index (κ2) is 16.8. The molecule has 0 saturated carbocycles. The van der Waals surface area contributed by atoms with Gasteiger partial charge in [-0.2, -0.15) is 4.57 Å². The van der Waals surface area contributed by atoms with Crippen LogP contribution in [-0.4, -0.2) is 11.1 Å². The molecule has 0 atom stereocenters. The monoisotopic (exact) mass is 882 g/mol. The largest absolute Gasteiger partial charge is 0.246 e. The van der Waals surface area contributed by atoms with E-state index in [1.165, 1.54) is 5.56 Å². The van der Waals surface area contributed by atoms with E-state index < -0.39 is 151 Å². The van der Waals surface area contributed by atoms with E-state index in [1.54, 1.807) is 12.4 Å². The van der Waals surface area contributed by atoms with E-state index in [0.29, 0.717) is 5.69 Å². The highest BCUT2D eigenvalue weighted by Gasteiger charge is 2.52. The number of nitrogens with zero attached hydrogens (tertiary/aromatic N) is 2. The van der Waals surface area contributed by atoms with Crippen molar-refractivity contribution in [3.05, 3.63) is 177 Å². The summed E-state index contributed by atoms with van der Waals surface area (Å²) in [4.78, 5) is 3.90. The Morgan fingerprint density at radius 2 is 0.650 bits per heavy atom. The van der Waals surface area contributed by atoms with Crippen molar-refractivity contribution in [2.45, 2.75) is 13.2 Å². The first kappa shape index (κ1) is 44.9. The van der Waals surface area contributed by atoms with Gasteiger partial charge in [-0.3, -0.25) is 0 Å². The zero-order valence-corrected chi connectivity index (χ0v) is 28.4. The minimum atomic E-state index is -7.22. The van der Waals surface area contributed by atoms with Gasteiger partial charge in [0.25, 0.3) is 0 Å². The summed E-state index contributed by atoms with van der Waals surface area (Å²) in [5.74, 6) is -71.4. The van der Waals surface area contributed by atoms with Crippen molar-refractivity contribution >= 4 is 28.0 Å². The molecule has 1 aromatic heterocycles. The van der Waals surface area contributed by atoms with Crippen molar-refractivity contribution in [3.8, 4) is 0 Å². The van der Waals surface area contributed by atoms with Crippen LogP contribution < -0.4 is 26.4 Å². The molecule has 0 N–H and O–H groups in total. The van der Waals surface area contributed by atoms with Crippen molar-refractivity contribution in [1.29, 1.82) is 0 Å². The molecule has 5 aromatic carbocycles. The molecule has 1 heterocycles. The lowest BCUT2D eigenvalue weighted by Gasteiger charge is -2.44. The molecular formula is C36H12BF21N2. The number of hydrogen-bond acceptors (Lipinski definition) is 1. The smallest absolute Gasteiger partial charge is 0.200 e. The minimum absolute atomic E-state index is 0.466. The Kier molecular flexibility index (Phi) is 12.6. The van der Waals surface area contributed by atoms with Crippen molar-refractivity contribution in [2.24, 2.45) is 0 Å². The second-order valence-electron chi connectivity index (χ2n) is 12.1. The molecule has 316 valence electrons. The number of hydrogen-bond donors (Lipinski definition) is 0. The van der Waals surface area contributed by atoms with Gasteiger partial charge >= 0.3 is 0 Å². The van der Waals surface area contributed by atoms with Gasteiger partial charge in [-0.25, -0.2) is 97.2 Å². The fourth-order valence-corrected chi connectivity index (χ4v) is 6.32. The van der Waals surface area contributed by atoms with Gasteiger partial charge in [0, 0.05) is 5.56 Å². The Balaban J connectivity index is 0.000000379. The fraction of sp³-hybridized carbons (Fsp3) is 0.0556. The molecule has 6 rings (SSSR count). The molecule has 0 aliphatic carbocycles. The summed E-state index contributed by atoms with van der Waals surface area (Å²) in [6, 6.07) is 10.1. The summed E-state index contributed by atoms with van der Waals surface area (Å²) in [6.07, 6.45) is -2.03. The van der Waals surface area contributed by atoms with Crippen LogP contribution in [0.25, 0.3) is 0 Å². The Hall–Kier alpha value is -6.23. The van der Waals surface area contributed by atoms with Crippen LogP contribution in [-0.2, 0) is 13.2 Å². The summed E-state index contributed by atoms with van der Waals surface area (Å²) in [7, 11) is 0. The molecule has 0 saturated heterocycles. The van der Waals surface area contributed by atoms with Crippen molar-refractivity contribution in [3.63, 3.8) is 0 Å². The summed E-state index contributed by atoms with van der Waals surface area (Å²) < 4.78 is 308. The normalized spacial score (nSPS) is 11.6. The van der Waals surface area contributed by atoms with Crippen molar-refractivity contribution in [1.82, 2.24) is 4.98 Å². The third kappa shape index (κ3) is 7.03. The van der Waals surface area contributed by atoms with E-state index >= 15 is 35.1 Å². The molecule has 0 amide bonds. The maximum Gasteiger partial charge on any atom is 0.200 e. The highest BCUT2D eigenvalue weighted by atomic mass is 19.2. The van der Waals surface area contributed by atoms with E-state index in [9.17, 15) is 57.1 Å². The first-order chi connectivity index (χ1) is 28.1. The summed E-state index contributed by atoms with van der Waals surface area (Å²) in [5.41, 5.74) is -12.7. The minimum Gasteiger partial charge on any atom is -0.246 e. The van der Waals surface area contributed by atoms with E-state index in [4.69, 9.17) is 0 Å². The van der Waals surface area contributed by atoms with E-state index in [2.05, 4.69) is 4.98 Å². The van der Waals surface area contributed by atoms with Gasteiger partial charge < -0.3 is 0 Å². The van der Waals surface area contributed by atoms with Gasteiger partial charge in [-0.15, -0.1) is 21.9 Å². The van der Waals surface area contributed by atoms with Crippen LogP contribution in [0.3, 0.4) is 0 Å². The summed E-state index contributed by atoms with van der Waals surface area (Å²) in [6.45, 7) is 0.228. The van der Waals surface area contributed by atoms with Gasteiger partial charge in [0.05, 0.1) is 6.20 Å². The molecule has 0 fully saturated rings. The Labute approximate surface area is 319 Å². The number of rotatable bonds is 7. The van der Waals surface area contributed by atoms with E-state index in [1.807, 2.05) is 41.1 Å². The third-order valence-corrected chi connectivity index (χ3v) is 8.87. The number of halogens is 21. The van der Waals surface area contributed by atoms with Crippen molar-refractivity contribution < 1.29 is 96.8 Å². The highest BCUT2D eigenvalue weighted by Crippen LogP contribution is 2.30. The molecule has 0 aliphatic rings. The molecular weight excluding hydrogens is 870 g/mol. The predicted molar refractivity (Wildman–Crippen MR) is 164 cm³/mol. The SMILES string of the molecule is FCc1c[n+](Cc2ccccc2)ccn1.Fc1c(F)c(F)c([B-](c2c(F)c(F)c(F)c(F)c2F)(c2c(F)c(F)c(F)c(F)c2F)c2c(F)c(F)c(F)c(F)c2F)c(F)c1F. The molecule has 0 spiro atoms. The van der Waals surface area contributed by atoms with Crippen LogP contribution >= 0.6 is 0 Å². The van der Waals surface area contributed by atoms with Crippen LogP contribution in [0.5, 0.6) is 0 Å². The van der Waals surface area contributed by atoms with Crippen LogP contribution in [0, 0.1) is 116 Å². The zero-order chi connectivity index (χ0) is 44.9. The lowest BCUT2D eigenvalue weighted by atomic mass is 9.12. The van der Waals surface area contributed by atoms with Crippen LogP contribution in [0.1, 0.15) is 11.3 Å². The Morgan fingerprint density at radius 3 is 0.917 bits per heavy atom. The molecule has 0 bridgehead atoms. The predicted octanol–water partition coefficient (Wildman–Crippen LogP) is 7.73. The van der Waals surface area contributed by atoms with Crippen molar-refractivity contribution in [2.75, 3.05) is 0 Å².